The van der Waals surface area contributed by atoms with Gasteiger partial charge >= 0.3 is 12.1 Å². The molecule has 0 saturated carbocycles. The van der Waals surface area contributed by atoms with E-state index >= 15 is 0 Å². The maximum atomic E-state index is 12.8. The molecule has 27 heavy (non-hydrogen) atoms. The van der Waals surface area contributed by atoms with Crippen molar-refractivity contribution in [2.75, 3.05) is 7.11 Å². The largest absolute Gasteiger partial charge is 0.506 e. The number of halogens is 3. The average Bonchev–Trinajstić information content (AvgIpc) is 2.67. The molecule has 0 bridgehead atoms. The zero-order chi connectivity index (χ0) is 19.6. The lowest BCUT2D eigenvalue weighted by atomic mass is 9.94. The van der Waals surface area contributed by atoms with Gasteiger partial charge in [-0.3, -0.25) is 0 Å². The lowest BCUT2D eigenvalue weighted by Crippen LogP contribution is -2.04. The number of phenolic OH excluding ortho intramolecular Hbond substituents is 1. The lowest BCUT2D eigenvalue weighted by Gasteiger charge is -2.13. The van der Waals surface area contributed by atoms with E-state index in [4.69, 9.17) is 4.74 Å². The van der Waals surface area contributed by atoms with Crippen LogP contribution in [0.15, 0.2) is 66.7 Å². The van der Waals surface area contributed by atoms with Crippen molar-refractivity contribution in [3.05, 3.63) is 77.9 Å². The third-order valence-electron chi connectivity index (χ3n) is 4.15. The summed E-state index contributed by atoms with van der Waals surface area (Å²) in [7, 11) is 1.19. The van der Waals surface area contributed by atoms with Gasteiger partial charge in [0.2, 0.25) is 0 Å². The van der Waals surface area contributed by atoms with Crippen molar-refractivity contribution in [1.29, 1.82) is 0 Å². The van der Waals surface area contributed by atoms with Gasteiger partial charge in [0.1, 0.15) is 11.3 Å². The number of esters is 1. The third kappa shape index (κ3) is 3.79. The molecule has 0 fully saturated rings. The van der Waals surface area contributed by atoms with Gasteiger partial charge < -0.3 is 9.84 Å². The van der Waals surface area contributed by atoms with E-state index in [0.29, 0.717) is 22.3 Å². The van der Waals surface area contributed by atoms with E-state index in [2.05, 4.69) is 0 Å². The first-order valence-corrected chi connectivity index (χ1v) is 7.99. The summed E-state index contributed by atoms with van der Waals surface area (Å²) in [6.07, 6.45) is -4.43. The second-order valence-corrected chi connectivity index (χ2v) is 5.85. The maximum absolute atomic E-state index is 12.8. The van der Waals surface area contributed by atoms with Gasteiger partial charge in [-0.05, 0) is 41.0 Å². The molecule has 0 amide bonds. The van der Waals surface area contributed by atoms with Crippen LogP contribution in [0.25, 0.3) is 22.3 Å². The van der Waals surface area contributed by atoms with E-state index in [1.165, 1.54) is 25.3 Å². The molecule has 3 aromatic rings. The first-order valence-electron chi connectivity index (χ1n) is 7.99. The van der Waals surface area contributed by atoms with Crippen molar-refractivity contribution in [3.63, 3.8) is 0 Å². The van der Waals surface area contributed by atoms with Crippen LogP contribution in [-0.4, -0.2) is 18.2 Å². The number of benzene rings is 3. The molecule has 0 atom stereocenters. The predicted molar refractivity (Wildman–Crippen MR) is 95.3 cm³/mol. The van der Waals surface area contributed by atoms with Crippen molar-refractivity contribution >= 4 is 5.97 Å². The number of alkyl halides is 3. The van der Waals surface area contributed by atoms with Gasteiger partial charge in [-0.15, -0.1) is 0 Å². The monoisotopic (exact) mass is 372 g/mol. The predicted octanol–water partition coefficient (Wildman–Crippen LogP) is 5.53. The smallest absolute Gasteiger partial charge is 0.416 e. The summed E-state index contributed by atoms with van der Waals surface area (Å²) < 4.78 is 43.1. The molecule has 0 aliphatic heterocycles. The van der Waals surface area contributed by atoms with Crippen LogP contribution in [0.3, 0.4) is 0 Å². The van der Waals surface area contributed by atoms with Crippen LogP contribution in [0.5, 0.6) is 5.75 Å². The van der Waals surface area contributed by atoms with E-state index < -0.39 is 17.7 Å². The van der Waals surface area contributed by atoms with Gasteiger partial charge in [0.05, 0.1) is 12.7 Å². The van der Waals surface area contributed by atoms with Gasteiger partial charge in [-0.25, -0.2) is 4.79 Å². The van der Waals surface area contributed by atoms with Crippen LogP contribution >= 0.6 is 0 Å². The summed E-state index contributed by atoms with van der Waals surface area (Å²) in [4.78, 5) is 12.1. The van der Waals surface area contributed by atoms with Crippen LogP contribution in [-0.2, 0) is 10.9 Å². The highest BCUT2D eigenvalue weighted by Gasteiger charge is 2.30. The molecule has 6 heteroatoms. The fourth-order valence-electron chi connectivity index (χ4n) is 2.76. The number of carbonyl (C=O) groups excluding carboxylic acids is 1. The molecule has 0 spiro atoms. The van der Waals surface area contributed by atoms with Crippen LogP contribution in [0.1, 0.15) is 15.9 Å². The Morgan fingerprint density at radius 2 is 1.52 bits per heavy atom. The molecule has 0 unspecified atom stereocenters. The van der Waals surface area contributed by atoms with E-state index in [1.54, 1.807) is 30.3 Å². The Kier molecular flexibility index (Phi) is 4.90. The van der Waals surface area contributed by atoms with Gasteiger partial charge in [-0.1, -0.05) is 42.5 Å². The minimum atomic E-state index is -4.43. The number of aromatic hydroxyl groups is 1. The maximum Gasteiger partial charge on any atom is 0.416 e. The highest BCUT2D eigenvalue weighted by atomic mass is 19.4. The molecule has 138 valence electrons. The zero-order valence-electron chi connectivity index (χ0n) is 14.2. The minimum Gasteiger partial charge on any atom is -0.506 e. The molecular formula is C21H15F3O3. The first-order chi connectivity index (χ1) is 12.8. The highest BCUT2D eigenvalue weighted by molar-refractivity contribution is 5.97. The van der Waals surface area contributed by atoms with Crippen LogP contribution in [0.2, 0.25) is 0 Å². The van der Waals surface area contributed by atoms with Gasteiger partial charge in [-0.2, -0.15) is 13.2 Å². The van der Waals surface area contributed by atoms with E-state index in [9.17, 15) is 23.1 Å². The summed E-state index contributed by atoms with van der Waals surface area (Å²) in [5.74, 6) is -0.984. The Balaban J connectivity index is 2.17. The molecule has 0 aromatic heterocycles. The summed E-state index contributed by atoms with van der Waals surface area (Å²) in [6.45, 7) is 0. The van der Waals surface area contributed by atoms with Crippen molar-refractivity contribution in [1.82, 2.24) is 0 Å². The Bertz CT molecular complexity index is 962. The summed E-state index contributed by atoms with van der Waals surface area (Å²) in [5.41, 5.74) is 1.18. The van der Waals surface area contributed by atoms with Crippen LogP contribution in [0, 0.1) is 0 Å². The SMILES string of the molecule is COC(=O)c1cc(-c2ccc(C(F)(F)F)cc2)cc(-c2ccccc2)c1O. The molecule has 0 aliphatic rings. The third-order valence-corrected chi connectivity index (χ3v) is 4.15. The number of phenols is 1. The number of ether oxygens (including phenoxy) is 1. The molecule has 3 rings (SSSR count). The normalized spacial score (nSPS) is 11.3. The fourth-order valence-corrected chi connectivity index (χ4v) is 2.76. The number of methoxy groups -OCH3 is 1. The molecule has 0 saturated heterocycles. The number of hydrogen-bond acceptors (Lipinski definition) is 3. The lowest BCUT2D eigenvalue weighted by molar-refractivity contribution is -0.137. The topological polar surface area (TPSA) is 46.5 Å². The van der Waals surface area contributed by atoms with E-state index in [0.717, 1.165) is 12.1 Å². The minimum absolute atomic E-state index is 0.0613. The average molecular weight is 372 g/mol. The zero-order valence-corrected chi connectivity index (χ0v) is 14.2. The van der Waals surface area contributed by atoms with Crippen molar-refractivity contribution in [2.45, 2.75) is 6.18 Å². The first kappa shape index (κ1) is 18.5. The Labute approximate surface area is 153 Å². The Morgan fingerprint density at radius 1 is 0.889 bits per heavy atom. The highest BCUT2D eigenvalue weighted by Crippen LogP contribution is 2.38. The number of hydrogen-bond donors (Lipinski definition) is 1. The molecular weight excluding hydrogens is 357 g/mol. The van der Waals surface area contributed by atoms with E-state index in [1.807, 2.05) is 6.07 Å². The van der Waals surface area contributed by atoms with Crippen molar-refractivity contribution < 1.29 is 27.8 Å². The molecule has 0 radical (unpaired) electrons. The fraction of sp³-hybridized carbons (Fsp3) is 0.0952. The number of carbonyl (C=O) groups is 1. The Hall–Kier alpha value is -3.28. The Morgan fingerprint density at radius 3 is 2.07 bits per heavy atom. The molecule has 0 aliphatic carbocycles. The molecule has 0 heterocycles. The molecule has 3 aromatic carbocycles. The van der Waals surface area contributed by atoms with Crippen LogP contribution < -0.4 is 0 Å². The van der Waals surface area contributed by atoms with Gasteiger partial charge in [0.25, 0.3) is 0 Å². The molecule has 1 N–H and O–H groups in total. The van der Waals surface area contributed by atoms with Crippen LogP contribution in [0.4, 0.5) is 13.2 Å². The van der Waals surface area contributed by atoms with Gasteiger partial charge in [0.15, 0.2) is 0 Å². The second-order valence-electron chi connectivity index (χ2n) is 5.85. The summed E-state index contributed by atoms with van der Waals surface area (Å²) >= 11 is 0. The summed E-state index contributed by atoms with van der Waals surface area (Å²) in [5, 5.41) is 10.5. The molecule has 3 nitrogen and oxygen atoms in total. The van der Waals surface area contributed by atoms with Crippen molar-refractivity contribution in [2.24, 2.45) is 0 Å². The van der Waals surface area contributed by atoms with Crippen molar-refractivity contribution in [3.8, 4) is 28.0 Å². The quantitative estimate of drug-likeness (QED) is 0.615. The number of rotatable bonds is 3. The summed E-state index contributed by atoms with van der Waals surface area (Å²) in [6, 6.07) is 16.5. The van der Waals surface area contributed by atoms with E-state index in [-0.39, 0.29) is 11.3 Å². The second kappa shape index (κ2) is 7.15. The standard InChI is InChI=1S/C21H15F3O3/c1-27-20(26)18-12-15(13-7-9-16(10-8-13)21(22,23)24)11-17(19(18)25)14-5-3-2-4-6-14/h2-12,25H,1H3. The van der Waals surface area contributed by atoms with Gasteiger partial charge in [0, 0.05) is 5.56 Å².